The molecule has 2 saturated heterocycles. The highest BCUT2D eigenvalue weighted by atomic mass is 16.2. The number of fused-ring (bicyclic) bond motifs is 1. The van der Waals surface area contributed by atoms with Crippen LogP contribution in [0.25, 0.3) is 5.69 Å². The highest BCUT2D eigenvalue weighted by Crippen LogP contribution is 2.27. The Balaban J connectivity index is 1.45. The molecule has 2 aromatic rings. The van der Waals surface area contributed by atoms with Gasteiger partial charge in [0, 0.05) is 18.6 Å². The van der Waals surface area contributed by atoms with Gasteiger partial charge in [0.25, 0.3) is 5.91 Å². The molecule has 3 heterocycles. The van der Waals surface area contributed by atoms with Crippen LogP contribution in [0.2, 0.25) is 0 Å². The molecule has 2 atom stereocenters. The first-order valence-electron chi connectivity index (χ1n) is 8.34. The van der Waals surface area contributed by atoms with Gasteiger partial charge in [-0.2, -0.15) is 9.90 Å². The van der Waals surface area contributed by atoms with Crippen molar-refractivity contribution < 1.29 is 4.79 Å². The van der Waals surface area contributed by atoms with Crippen LogP contribution in [0.1, 0.15) is 36.2 Å². The Morgan fingerprint density at radius 1 is 1.13 bits per heavy atom. The van der Waals surface area contributed by atoms with Crippen molar-refractivity contribution in [3.05, 3.63) is 42.2 Å². The van der Waals surface area contributed by atoms with E-state index in [0.717, 1.165) is 18.7 Å². The Hall–Kier alpha value is -2.21. The van der Waals surface area contributed by atoms with Gasteiger partial charge in [0.2, 0.25) is 0 Å². The van der Waals surface area contributed by atoms with Crippen molar-refractivity contribution in [2.24, 2.45) is 0 Å². The standard InChI is InChI=1S/C17H21N5O/c23-17(19-14-9-11-21-10-5-4-8-16(14)21)15-12-18-22(20-15)13-6-2-1-3-7-13/h1-3,6-7,12,14,16H,4-5,8-11H2,(H,19,23)/t14-,16-/m1/s1. The average molecular weight is 311 g/mol. The fourth-order valence-electron chi connectivity index (χ4n) is 3.71. The van der Waals surface area contributed by atoms with Crippen LogP contribution in [0.4, 0.5) is 0 Å². The molecule has 1 amide bonds. The largest absolute Gasteiger partial charge is 0.346 e. The molecule has 4 rings (SSSR count). The molecular weight excluding hydrogens is 290 g/mol. The fourth-order valence-corrected chi connectivity index (χ4v) is 3.71. The third kappa shape index (κ3) is 2.86. The van der Waals surface area contributed by atoms with Crippen LogP contribution in [0.3, 0.4) is 0 Å². The van der Waals surface area contributed by atoms with Crippen LogP contribution in [0.5, 0.6) is 0 Å². The van der Waals surface area contributed by atoms with Crippen molar-refractivity contribution >= 4 is 5.91 Å². The summed E-state index contributed by atoms with van der Waals surface area (Å²) in [5.41, 5.74) is 1.23. The third-order valence-corrected chi connectivity index (χ3v) is 4.88. The maximum atomic E-state index is 12.5. The van der Waals surface area contributed by atoms with Crippen LogP contribution in [0.15, 0.2) is 36.5 Å². The maximum absolute atomic E-state index is 12.5. The molecule has 1 N–H and O–H groups in total. The van der Waals surface area contributed by atoms with Crippen molar-refractivity contribution in [3.8, 4) is 5.69 Å². The van der Waals surface area contributed by atoms with E-state index in [2.05, 4.69) is 20.4 Å². The van der Waals surface area contributed by atoms with Crippen molar-refractivity contribution in [3.63, 3.8) is 0 Å². The molecule has 2 fully saturated rings. The lowest BCUT2D eigenvalue weighted by Gasteiger charge is -2.32. The lowest BCUT2D eigenvalue weighted by Crippen LogP contribution is -2.46. The van der Waals surface area contributed by atoms with Gasteiger partial charge >= 0.3 is 0 Å². The highest BCUT2D eigenvalue weighted by molar-refractivity contribution is 5.92. The second-order valence-electron chi connectivity index (χ2n) is 6.32. The number of rotatable bonds is 3. The molecule has 120 valence electrons. The number of carbonyl (C=O) groups excluding carboxylic acids is 1. The number of nitrogens with one attached hydrogen (secondary N) is 1. The van der Waals surface area contributed by atoms with Gasteiger partial charge < -0.3 is 5.32 Å². The molecule has 0 bridgehead atoms. The summed E-state index contributed by atoms with van der Waals surface area (Å²) in [6.45, 7) is 2.26. The smallest absolute Gasteiger partial charge is 0.273 e. The summed E-state index contributed by atoms with van der Waals surface area (Å²) < 4.78 is 0. The molecule has 1 aromatic carbocycles. The summed E-state index contributed by atoms with van der Waals surface area (Å²) >= 11 is 0. The molecule has 0 radical (unpaired) electrons. The minimum Gasteiger partial charge on any atom is -0.346 e. The third-order valence-electron chi connectivity index (χ3n) is 4.88. The number of benzene rings is 1. The zero-order valence-electron chi connectivity index (χ0n) is 13.1. The van der Waals surface area contributed by atoms with Gasteiger partial charge in [0.15, 0.2) is 5.69 Å². The predicted octanol–water partition coefficient (Wildman–Crippen LogP) is 1.62. The molecule has 0 spiro atoms. The normalized spacial score (nSPS) is 24.3. The first kappa shape index (κ1) is 14.4. The molecule has 2 aliphatic rings. The van der Waals surface area contributed by atoms with E-state index in [1.807, 2.05) is 30.3 Å². The zero-order chi connectivity index (χ0) is 15.6. The SMILES string of the molecule is O=C(N[C@@H]1CCN2CCCC[C@H]12)c1cnn(-c2ccccc2)n1. The Morgan fingerprint density at radius 3 is 2.87 bits per heavy atom. The molecule has 0 aliphatic carbocycles. The number of piperidine rings is 1. The topological polar surface area (TPSA) is 63.1 Å². The quantitative estimate of drug-likeness (QED) is 0.936. The van der Waals surface area contributed by atoms with E-state index < -0.39 is 0 Å². The van der Waals surface area contributed by atoms with Crippen LogP contribution < -0.4 is 5.32 Å². The van der Waals surface area contributed by atoms with Crippen LogP contribution >= 0.6 is 0 Å². The highest BCUT2D eigenvalue weighted by Gasteiger charge is 2.36. The maximum Gasteiger partial charge on any atom is 0.273 e. The van der Waals surface area contributed by atoms with Crippen molar-refractivity contribution in [2.75, 3.05) is 13.1 Å². The Labute approximate surface area is 135 Å². The molecule has 6 heteroatoms. The average Bonchev–Trinajstić information content (AvgIpc) is 3.24. The number of aromatic nitrogens is 3. The van der Waals surface area contributed by atoms with Crippen molar-refractivity contribution in [1.82, 2.24) is 25.2 Å². The lowest BCUT2D eigenvalue weighted by atomic mass is 9.99. The molecular formula is C17H21N5O. The van der Waals surface area contributed by atoms with Gasteiger partial charge in [-0.05, 0) is 37.9 Å². The van der Waals surface area contributed by atoms with Gasteiger partial charge in [-0.15, -0.1) is 5.10 Å². The van der Waals surface area contributed by atoms with E-state index in [1.54, 1.807) is 0 Å². The van der Waals surface area contributed by atoms with Gasteiger partial charge in [-0.25, -0.2) is 0 Å². The lowest BCUT2D eigenvalue weighted by molar-refractivity contribution is 0.0910. The van der Waals surface area contributed by atoms with Crippen LogP contribution in [-0.2, 0) is 0 Å². The summed E-state index contributed by atoms with van der Waals surface area (Å²) in [7, 11) is 0. The summed E-state index contributed by atoms with van der Waals surface area (Å²) in [5.74, 6) is -0.121. The van der Waals surface area contributed by atoms with Crippen molar-refractivity contribution in [2.45, 2.75) is 37.8 Å². The number of hydrogen-bond acceptors (Lipinski definition) is 4. The van der Waals surface area contributed by atoms with E-state index in [0.29, 0.717) is 11.7 Å². The van der Waals surface area contributed by atoms with Gasteiger partial charge in [0.1, 0.15) is 0 Å². The first-order valence-corrected chi connectivity index (χ1v) is 8.34. The Bertz CT molecular complexity index is 683. The zero-order valence-corrected chi connectivity index (χ0v) is 13.1. The van der Waals surface area contributed by atoms with Crippen LogP contribution in [0, 0.1) is 0 Å². The molecule has 2 aliphatic heterocycles. The van der Waals surface area contributed by atoms with Gasteiger partial charge in [0.05, 0.1) is 11.9 Å². The van der Waals surface area contributed by atoms with Gasteiger partial charge in [-0.3, -0.25) is 9.69 Å². The van der Waals surface area contributed by atoms with E-state index in [1.165, 1.54) is 36.8 Å². The minimum absolute atomic E-state index is 0.121. The van der Waals surface area contributed by atoms with Gasteiger partial charge in [-0.1, -0.05) is 24.6 Å². The van der Waals surface area contributed by atoms with E-state index in [4.69, 9.17) is 0 Å². The Kier molecular flexibility index (Phi) is 3.83. The summed E-state index contributed by atoms with van der Waals surface area (Å²) in [6, 6.07) is 10.4. The number of hydrogen-bond donors (Lipinski definition) is 1. The van der Waals surface area contributed by atoms with E-state index in [9.17, 15) is 4.79 Å². The molecule has 6 nitrogen and oxygen atoms in total. The molecule has 23 heavy (non-hydrogen) atoms. The summed E-state index contributed by atoms with van der Waals surface area (Å²) in [5, 5.41) is 11.7. The fraction of sp³-hybridized carbons (Fsp3) is 0.471. The number of carbonyl (C=O) groups is 1. The number of nitrogens with zero attached hydrogens (tertiary/aromatic N) is 4. The second kappa shape index (κ2) is 6.12. The van der Waals surface area contributed by atoms with Crippen LogP contribution in [-0.4, -0.2) is 51.0 Å². The molecule has 0 unspecified atom stereocenters. The summed E-state index contributed by atoms with van der Waals surface area (Å²) in [4.78, 5) is 16.5. The number of para-hydroxylation sites is 1. The monoisotopic (exact) mass is 311 g/mol. The summed E-state index contributed by atoms with van der Waals surface area (Å²) in [6.07, 6.45) is 6.29. The predicted molar refractivity (Wildman–Crippen MR) is 86.4 cm³/mol. The van der Waals surface area contributed by atoms with E-state index >= 15 is 0 Å². The molecule has 1 aromatic heterocycles. The Morgan fingerprint density at radius 2 is 2.00 bits per heavy atom. The second-order valence-corrected chi connectivity index (χ2v) is 6.32. The number of amides is 1. The molecule has 0 saturated carbocycles. The van der Waals surface area contributed by atoms with Crippen molar-refractivity contribution in [1.29, 1.82) is 0 Å². The first-order chi connectivity index (χ1) is 11.3. The minimum atomic E-state index is -0.121. The van der Waals surface area contributed by atoms with E-state index in [-0.39, 0.29) is 11.9 Å².